The van der Waals surface area contributed by atoms with Crippen molar-refractivity contribution >= 4 is 11.8 Å². The van der Waals surface area contributed by atoms with Gasteiger partial charge in [-0.2, -0.15) is 0 Å². The van der Waals surface area contributed by atoms with E-state index in [9.17, 15) is 4.79 Å². The molecule has 2 aromatic heterocycles. The maximum atomic E-state index is 11.5. The van der Waals surface area contributed by atoms with E-state index in [1.807, 2.05) is 19.1 Å². The number of pyridine rings is 1. The Morgan fingerprint density at radius 3 is 2.83 bits per heavy atom. The number of aromatic nitrogens is 4. The number of hydrogen-bond donors (Lipinski definition) is 2. The van der Waals surface area contributed by atoms with Gasteiger partial charge in [0.05, 0.1) is 0 Å². The standard InChI is InChI=1S/C11H15N5OS/c1-2-16-10(17)14-15-11(16)18-9(7-12)8-3-5-13-6-4-8/h3-6,9H,2,7,12H2,1H3,(H,14,17). The fourth-order valence-electron chi connectivity index (χ4n) is 1.63. The summed E-state index contributed by atoms with van der Waals surface area (Å²) < 4.78 is 1.59. The quantitative estimate of drug-likeness (QED) is 0.780. The topological polar surface area (TPSA) is 89.6 Å². The van der Waals surface area contributed by atoms with Gasteiger partial charge < -0.3 is 5.73 Å². The molecule has 0 bridgehead atoms. The molecule has 0 aromatic carbocycles. The first-order chi connectivity index (χ1) is 8.76. The number of aromatic amines is 1. The zero-order chi connectivity index (χ0) is 13.0. The van der Waals surface area contributed by atoms with Crippen LogP contribution in [-0.2, 0) is 6.54 Å². The molecule has 2 rings (SSSR count). The van der Waals surface area contributed by atoms with Gasteiger partial charge >= 0.3 is 5.69 Å². The molecule has 1 unspecified atom stereocenters. The Morgan fingerprint density at radius 1 is 1.50 bits per heavy atom. The Balaban J connectivity index is 2.23. The fraction of sp³-hybridized carbons (Fsp3) is 0.364. The SMILES string of the molecule is CCn1c(SC(CN)c2ccncc2)n[nH]c1=O. The Morgan fingerprint density at radius 2 is 2.22 bits per heavy atom. The van der Waals surface area contributed by atoms with Gasteiger partial charge in [-0.3, -0.25) is 9.55 Å². The molecule has 0 saturated carbocycles. The van der Waals surface area contributed by atoms with Crippen molar-refractivity contribution in [2.24, 2.45) is 5.73 Å². The lowest BCUT2D eigenvalue weighted by molar-refractivity contribution is 0.658. The van der Waals surface area contributed by atoms with Crippen LogP contribution < -0.4 is 11.4 Å². The highest BCUT2D eigenvalue weighted by Crippen LogP contribution is 2.32. The highest BCUT2D eigenvalue weighted by atomic mass is 32.2. The lowest BCUT2D eigenvalue weighted by Crippen LogP contribution is -2.17. The molecule has 0 aliphatic rings. The molecular weight excluding hydrogens is 250 g/mol. The summed E-state index contributed by atoms with van der Waals surface area (Å²) in [6.07, 6.45) is 3.46. The summed E-state index contributed by atoms with van der Waals surface area (Å²) in [5, 5.41) is 7.19. The van der Waals surface area contributed by atoms with Crippen LogP contribution in [0.2, 0.25) is 0 Å². The van der Waals surface area contributed by atoms with Crippen LogP contribution in [0.1, 0.15) is 17.7 Å². The van der Waals surface area contributed by atoms with Gasteiger partial charge in [-0.05, 0) is 24.6 Å². The smallest absolute Gasteiger partial charge is 0.329 e. The molecule has 7 heteroatoms. The molecule has 0 fully saturated rings. The molecule has 6 nitrogen and oxygen atoms in total. The molecule has 0 saturated heterocycles. The Hall–Kier alpha value is -1.60. The van der Waals surface area contributed by atoms with Crippen LogP contribution >= 0.6 is 11.8 Å². The van der Waals surface area contributed by atoms with Crippen molar-refractivity contribution in [3.8, 4) is 0 Å². The second kappa shape index (κ2) is 5.83. The third-order valence-electron chi connectivity index (χ3n) is 2.58. The molecular formula is C11H15N5OS. The molecule has 0 aliphatic heterocycles. The van der Waals surface area contributed by atoms with Crippen molar-refractivity contribution in [3.05, 3.63) is 40.6 Å². The summed E-state index contributed by atoms with van der Waals surface area (Å²) >= 11 is 1.48. The molecule has 3 N–H and O–H groups in total. The molecule has 0 spiro atoms. The molecule has 18 heavy (non-hydrogen) atoms. The highest BCUT2D eigenvalue weighted by Gasteiger charge is 2.16. The predicted molar refractivity (Wildman–Crippen MR) is 70.4 cm³/mol. The molecule has 0 aliphatic carbocycles. The van der Waals surface area contributed by atoms with E-state index in [0.717, 1.165) is 5.56 Å². The predicted octanol–water partition coefficient (Wildman–Crippen LogP) is 0.778. The van der Waals surface area contributed by atoms with Crippen molar-refractivity contribution in [1.82, 2.24) is 19.7 Å². The average molecular weight is 265 g/mol. The zero-order valence-electron chi connectivity index (χ0n) is 10.0. The number of nitrogens with two attached hydrogens (primary N) is 1. The van der Waals surface area contributed by atoms with Crippen molar-refractivity contribution < 1.29 is 0 Å². The summed E-state index contributed by atoms with van der Waals surface area (Å²) in [6.45, 7) is 2.97. The number of thioether (sulfide) groups is 1. The summed E-state index contributed by atoms with van der Waals surface area (Å²) in [5.41, 5.74) is 6.67. The zero-order valence-corrected chi connectivity index (χ0v) is 10.9. The van der Waals surface area contributed by atoms with Crippen LogP contribution in [0, 0.1) is 0 Å². The lowest BCUT2D eigenvalue weighted by Gasteiger charge is -2.13. The fourth-order valence-corrected chi connectivity index (χ4v) is 2.71. The van der Waals surface area contributed by atoms with Gasteiger partial charge in [0.25, 0.3) is 0 Å². The Kier molecular flexibility index (Phi) is 4.16. The lowest BCUT2D eigenvalue weighted by atomic mass is 10.2. The highest BCUT2D eigenvalue weighted by molar-refractivity contribution is 7.99. The van der Waals surface area contributed by atoms with Gasteiger partial charge in [0, 0.05) is 30.7 Å². The van der Waals surface area contributed by atoms with Crippen LogP contribution in [0.3, 0.4) is 0 Å². The number of hydrogen-bond acceptors (Lipinski definition) is 5. The van der Waals surface area contributed by atoms with E-state index in [1.54, 1.807) is 17.0 Å². The number of rotatable bonds is 5. The second-order valence-electron chi connectivity index (χ2n) is 3.68. The Labute approximate surface area is 109 Å². The van der Waals surface area contributed by atoms with E-state index in [0.29, 0.717) is 18.2 Å². The largest absolute Gasteiger partial charge is 0.343 e. The maximum absolute atomic E-state index is 11.5. The molecule has 2 heterocycles. The first-order valence-corrected chi connectivity index (χ1v) is 6.56. The van der Waals surface area contributed by atoms with Crippen LogP contribution in [0.15, 0.2) is 34.5 Å². The van der Waals surface area contributed by atoms with E-state index < -0.39 is 0 Å². The van der Waals surface area contributed by atoms with Crippen molar-refractivity contribution in [3.63, 3.8) is 0 Å². The van der Waals surface area contributed by atoms with E-state index >= 15 is 0 Å². The molecule has 96 valence electrons. The minimum absolute atomic E-state index is 0.0634. The van der Waals surface area contributed by atoms with Crippen LogP contribution in [0.4, 0.5) is 0 Å². The number of nitrogens with zero attached hydrogens (tertiary/aromatic N) is 3. The Bertz CT molecular complexity index is 550. The average Bonchev–Trinajstić information content (AvgIpc) is 2.77. The van der Waals surface area contributed by atoms with E-state index in [-0.39, 0.29) is 10.9 Å². The van der Waals surface area contributed by atoms with E-state index in [2.05, 4.69) is 15.2 Å². The summed E-state index contributed by atoms with van der Waals surface area (Å²) in [6, 6.07) is 3.84. The van der Waals surface area contributed by atoms with Gasteiger partial charge in [-0.15, -0.1) is 5.10 Å². The van der Waals surface area contributed by atoms with Crippen molar-refractivity contribution in [1.29, 1.82) is 0 Å². The van der Waals surface area contributed by atoms with Gasteiger partial charge in [-0.1, -0.05) is 11.8 Å². The third-order valence-corrected chi connectivity index (χ3v) is 3.85. The van der Waals surface area contributed by atoms with Gasteiger partial charge in [0.2, 0.25) is 0 Å². The van der Waals surface area contributed by atoms with Crippen molar-refractivity contribution in [2.45, 2.75) is 23.9 Å². The first-order valence-electron chi connectivity index (χ1n) is 5.68. The van der Waals surface area contributed by atoms with Crippen LogP contribution in [0.5, 0.6) is 0 Å². The molecule has 0 radical (unpaired) electrons. The molecule has 2 aromatic rings. The number of nitrogens with one attached hydrogen (secondary N) is 1. The molecule has 0 amide bonds. The summed E-state index contributed by atoms with van der Waals surface area (Å²) in [5.74, 6) is 0. The summed E-state index contributed by atoms with van der Waals surface area (Å²) in [7, 11) is 0. The van der Waals surface area contributed by atoms with Gasteiger partial charge in [0.15, 0.2) is 5.16 Å². The third kappa shape index (κ3) is 2.62. The van der Waals surface area contributed by atoms with Gasteiger partial charge in [0.1, 0.15) is 0 Å². The van der Waals surface area contributed by atoms with Crippen LogP contribution in [-0.4, -0.2) is 26.3 Å². The normalized spacial score (nSPS) is 12.6. The second-order valence-corrected chi connectivity index (χ2v) is 4.85. The van der Waals surface area contributed by atoms with Crippen LogP contribution in [0.25, 0.3) is 0 Å². The number of H-pyrrole nitrogens is 1. The first kappa shape index (κ1) is 12.8. The van der Waals surface area contributed by atoms with Gasteiger partial charge in [-0.25, -0.2) is 9.89 Å². The molecule has 1 atom stereocenters. The van der Waals surface area contributed by atoms with E-state index in [4.69, 9.17) is 5.73 Å². The monoisotopic (exact) mass is 265 g/mol. The maximum Gasteiger partial charge on any atom is 0.343 e. The minimum atomic E-state index is -0.189. The minimum Gasteiger partial charge on any atom is -0.329 e. The van der Waals surface area contributed by atoms with E-state index in [1.165, 1.54) is 11.8 Å². The summed E-state index contributed by atoms with van der Waals surface area (Å²) in [4.78, 5) is 15.4. The van der Waals surface area contributed by atoms with Crippen molar-refractivity contribution in [2.75, 3.05) is 6.54 Å².